The third kappa shape index (κ3) is 4.83. The second kappa shape index (κ2) is 10.5. The number of pyridine rings is 1. The van der Waals surface area contributed by atoms with Gasteiger partial charge < -0.3 is 19.4 Å². The van der Waals surface area contributed by atoms with Crippen LogP contribution in [-0.4, -0.2) is 94.1 Å². The molecule has 0 spiro atoms. The first-order chi connectivity index (χ1) is 18.5. The van der Waals surface area contributed by atoms with E-state index in [-0.39, 0.29) is 23.3 Å². The summed E-state index contributed by atoms with van der Waals surface area (Å²) in [5.74, 6) is -0.240. The van der Waals surface area contributed by atoms with E-state index in [4.69, 9.17) is 4.74 Å². The van der Waals surface area contributed by atoms with Crippen molar-refractivity contribution in [1.82, 2.24) is 14.2 Å². The molecule has 6 rings (SSSR count). The van der Waals surface area contributed by atoms with Crippen molar-refractivity contribution in [3.8, 4) is 0 Å². The van der Waals surface area contributed by atoms with Gasteiger partial charge in [-0.1, -0.05) is 18.2 Å². The van der Waals surface area contributed by atoms with Crippen LogP contribution in [-0.2, 0) is 19.6 Å². The normalized spacial score (nSPS) is 21.3. The molecule has 0 bridgehead atoms. The first-order valence-corrected chi connectivity index (χ1v) is 14.7. The lowest BCUT2D eigenvalue weighted by atomic mass is 10.1. The minimum atomic E-state index is -3.64. The van der Waals surface area contributed by atoms with Crippen LogP contribution in [0.5, 0.6) is 0 Å². The van der Waals surface area contributed by atoms with Gasteiger partial charge in [0.15, 0.2) is 0 Å². The number of amides is 1. The number of rotatable bonds is 5. The molecule has 1 aromatic heterocycles. The molecule has 0 saturated carbocycles. The molecule has 0 aliphatic carbocycles. The van der Waals surface area contributed by atoms with E-state index < -0.39 is 10.0 Å². The Balaban J connectivity index is 1.07. The molecule has 3 aliphatic rings. The molecule has 9 nitrogen and oxygen atoms in total. The van der Waals surface area contributed by atoms with E-state index in [9.17, 15) is 13.2 Å². The van der Waals surface area contributed by atoms with Gasteiger partial charge in [0.05, 0.1) is 29.5 Å². The fourth-order valence-corrected chi connectivity index (χ4v) is 7.23. The summed E-state index contributed by atoms with van der Waals surface area (Å²) in [5.41, 5.74) is 3.10. The Morgan fingerprint density at radius 1 is 0.842 bits per heavy atom. The molecule has 2 aromatic carbocycles. The summed E-state index contributed by atoms with van der Waals surface area (Å²) in [6.07, 6.45) is 2.39. The van der Waals surface area contributed by atoms with Gasteiger partial charge >= 0.3 is 0 Å². The minimum absolute atomic E-state index is 0.0598. The molecule has 1 unspecified atom stereocenters. The fraction of sp³-hybridized carbons (Fsp3) is 0.429. The number of fused-ring (bicyclic) bond motifs is 1. The number of carbonyl (C=O) groups excluding carboxylic acids is 1. The largest absolute Gasteiger partial charge is 0.378 e. The number of nitrogens with zero attached hydrogens (tertiary/aromatic N) is 5. The molecule has 3 aliphatic heterocycles. The number of morpholine rings is 1. The second-order valence-corrected chi connectivity index (χ2v) is 12.0. The second-order valence-electron chi connectivity index (χ2n) is 10.1. The van der Waals surface area contributed by atoms with Gasteiger partial charge in [-0.25, -0.2) is 8.42 Å². The Kier molecular flexibility index (Phi) is 6.94. The van der Waals surface area contributed by atoms with Crippen LogP contribution in [0.1, 0.15) is 6.42 Å². The molecule has 4 heterocycles. The molecule has 0 N–H and O–H groups in total. The van der Waals surface area contributed by atoms with Gasteiger partial charge in [0.2, 0.25) is 15.9 Å². The van der Waals surface area contributed by atoms with Gasteiger partial charge in [-0.2, -0.15) is 4.31 Å². The van der Waals surface area contributed by atoms with Crippen molar-refractivity contribution in [3.05, 3.63) is 60.8 Å². The van der Waals surface area contributed by atoms with Gasteiger partial charge in [0.1, 0.15) is 0 Å². The molecule has 200 valence electrons. The Bertz CT molecular complexity index is 1400. The molecule has 3 aromatic rings. The molecular formula is C28H33N5O4S. The van der Waals surface area contributed by atoms with Gasteiger partial charge in [0, 0.05) is 75.3 Å². The summed E-state index contributed by atoms with van der Waals surface area (Å²) < 4.78 is 33.5. The topological polar surface area (TPSA) is 86.3 Å². The van der Waals surface area contributed by atoms with Crippen molar-refractivity contribution in [3.63, 3.8) is 0 Å². The Labute approximate surface area is 223 Å². The number of hydrogen-bond donors (Lipinski definition) is 0. The number of sulfonamides is 1. The molecule has 3 fully saturated rings. The summed E-state index contributed by atoms with van der Waals surface area (Å²) in [4.78, 5) is 24.5. The number of piperazine rings is 1. The zero-order chi connectivity index (χ0) is 26.1. The van der Waals surface area contributed by atoms with Gasteiger partial charge in [-0.3, -0.25) is 9.78 Å². The smallest absolute Gasteiger partial charge is 0.243 e. The summed E-state index contributed by atoms with van der Waals surface area (Å²) in [7, 11) is -3.64. The van der Waals surface area contributed by atoms with Crippen LogP contribution >= 0.6 is 0 Å². The highest BCUT2D eigenvalue weighted by molar-refractivity contribution is 7.89. The van der Waals surface area contributed by atoms with E-state index in [1.54, 1.807) is 12.1 Å². The van der Waals surface area contributed by atoms with E-state index in [0.29, 0.717) is 39.3 Å². The predicted molar refractivity (Wildman–Crippen MR) is 147 cm³/mol. The summed E-state index contributed by atoms with van der Waals surface area (Å²) in [6, 6.07) is 17.2. The van der Waals surface area contributed by atoms with Crippen LogP contribution < -0.4 is 9.80 Å². The lowest BCUT2D eigenvalue weighted by Gasteiger charge is -2.37. The number of anilines is 2. The lowest BCUT2D eigenvalue weighted by Crippen LogP contribution is -2.50. The Morgan fingerprint density at radius 3 is 2.34 bits per heavy atom. The summed E-state index contributed by atoms with van der Waals surface area (Å²) >= 11 is 0. The van der Waals surface area contributed by atoms with E-state index in [2.05, 4.69) is 20.9 Å². The maximum atomic E-state index is 13.3. The number of ether oxygens (including phenoxy) is 1. The number of para-hydroxylation sites is 1. The van der Waals surface area contributed by atoms with Crippen LogP contribution in [0.3, 0.4) is 0 Å². The van der Waals surface area contributed by atoms with Crippen molar-refractivity contribution < 1.29 is 17.9 Å². The van der Waals surface area contributed by atoms with Crippen LogP contribution in [0.2, 0.25) is 0 Å². The van der Waals surface area contributed by atoms with Crippen molar-refractivity contribution in [2.24, 2.45) is 5.92 Å². The Hall–Kier alpha value is -3.21. The van der Waals surface area contributed by atoms with Crippen molar-refractivity contribution >= 4 is 38.2 Å². The lowest BCUT2D eigenvalue weighted by molar-refractivity contribution is -0.135. The molecule has 38 heavy (non-hydrogen) atoms. The molecule has 1 atom stereocenters. The highest BCUT2D eigenvalue weighted by atomic mass is 32.2. The van der Waals surface area contributed by atoms with Crippen LogP contribution in [0.25, 0.3) is 10.9 Å². The maximum Gasteiger partial charge on any atom is 0.243 e. The molecule has 1 amide bonds. The standard InChI is InChI=1S/C28H33N5O4S/c34-28(32-15-13-31(14-16-32)27-9-11-29-26-4-2-1-3-25(26)27)22-10-12-33(21-22)38(35,36)24-7-5-23(6-8-24)30-17-19-37-20-18-30/h1-9,11,22H,10,12-21H2. The minimum Gasteiger partial charge on any atom is -0.378 e. The van der Waals surface area contributed by atoms with Crippen LogP contribution in [0, 0.1) is 5.92 Å². The molecule has 0 radical (unpaired) electrons. The van der Waals surface area contributed by atoms with E-state index in [0.717, 1.165) is 48.5 Å². The van der Waals surface area contributed by atoms with Gasteiger partial charge in [-0.05, 0) is 42.8 Å². The highest BCUT2D eigenvalue weighted by Gasteiger charge is 2.38. The summed E-state index contributed by atoms with van der Waals surface area (Å²) in [5, 5.41) is 1.12. The monoisotopic (exact) mass is 535 g/mol. The molecular weight excluding hydrogens is 502 g/mol. The number of benzene rings is 2. The summed E-state index contributed by atoms with van der Waals surface area (Å²) in [6.45, 7) is 6.30. The van der Waals surface area contributed by atoms with Crippen molar-refractivity contribution in [1.29, 1.82) is 0 Å². The van der Waals surface area contributed by atoms with Crippen LogP contribution in [0.15, 0.2) is 65.7 Å². The van der Waals surface area contributed by atoms with Gasteiger partial charge in [0.25, 0.3) is 0 Å². The van der Waals surface area contributed by atoms with Crippen LogP contribution in [0.4, 0.5) is 11.4 Å². The maximum absolute atomic E-state index is 13.3. The van der Waals surface area contributed by atoms with E-state index in [1.807, 2.05) is 47.5 Å². The van der Waals surface area contributed by atoms with E-state index >= 15 is 0 Å². The average molecular weight is 536 g/mol. The molecule has 3 saturated heterocycles. The quantitative estimate of drug-likeness (QED) is 0.496. The van der Waals surface area contributed by atoms with Crippen molar-refractivity contribution in [2.75, 3.05) is 75.4 Å². The van der Waals surface area contributed by atoms with Crippen molar-refractivity contribution in [2.45, 2.75) is 11.3 Å². The fourth-order valence-electron chi connectivity index (χ4n) is 5.73. The first kappa shape index (κ1) is 25.1. The van der Waals surface area contributed by atoms with Gasteiger partial charge in [-0.15, -0.1) is 0 Å². The number of carbonyl (C=O) groups is 1. The Morgan fingerprint density at radius 2 is 1.58 bits per heavy atom. The predicted octanol–water partition coefficient (Wildman–Crippen LogP) is 2.43. The third-order valence-electron chi connectivity index (χ3n) is 7.91. The first-order valence-electron chi connectivity index (χ1n) is 13.3. The number of aromatic nitrogens is 1. The SMILES string of the molecule is O=C(C1CCN(S(=O)(=O)c2ccc(N3CCOCC3)cc2)C1)N1CCN(c2ccnc3ccccc23)CC1. The average Bonchev–Trinajstić information content (AvgIpc) is 3.49. The molecule has 10 heteroatoms. The highest BCUT2D eigenvalue weighted by Crippen LogP contribution is 2.29. The third-order valence-corrected chi connectivity index (χ3v) is 9.79. The zero-order valence-corrected chi connectivity index (χ0v) is 22.2. The van der Waals surface area contributed by atoms with E-state index in [1.165, 1.54) is 4.31 Å². The zero-order valence-electron chi connectivity index (χ0n) is 21.4. The number of hydrogen-bond acceptors (Lipinski definition) is 7.